The molecule has 37 heavy (non-hydrogen) atoms. The smallest absolute Gasteiger partial charge is 0.310 e. The minimum Gasteiger partial charge on any atom is -0.493 e. The van der Waals surface area contributed by atoms with E-state index in [4.69, 9.17) is 18.9 Å². The average molecular weight is 513 g/mol. The number of hydrogen-bond acceptors (Lipinski definition) is 7. The van der Waals surface area contributed by atoms with E-state index in [1.807, 2.05) is 42.5 Å². The molecule has 0 saturated carbocycles. The Kier molecular flexibility index (Phi) is 12.1. The van der Waals surface area contributed by atoms with Crippen LogP contribution in [0.25, 0.3) is 11.1 Å². The number of ether oxygens (including phenoxy) is 4. The largest absolute Gasteiger partial charge is 0.493 e. The van der Waals surface area contributed by atoms with Crippen LogP contribution >= 0.6 is 0 Å². The highest BCUT2D eigenvalue weighted by atomic mass is 16.6. The quantitative estimate of drug-likeness (QED) is 0.178. The maximum absolute atomic E-state index is 12.7. The Morgan fingerprint density at radius 2 is 1.24 bits per heavy atom. The molecule has 0 amide bonds. The molecule has 0 N–H and O–H groups in total. The van der Waals surface area contributed by atoms with Gasteiger partial charge in [0, 0.05) is 6.42 Å². The molecule has 3 atom stereocenters. The fourth-order valence-corrected chi connectivity index (χ4v) is 3.74. The van der Waals surface area contributed by atoms with E-state index in [9.17, 15) is 14.4 Å². The molecular formula is C30H40O7. The maximum atomic E-state index is 12.7. The van der Waals surface area contributed by atoms with Crippen LogP contribution in [0, 0.1) is 17.8 Å². The van der Waals surface area contributed by atoms with Crippen molar-refractivity contribution < 1.29 is 33.3 Å². The topological polar surface area (TPSA) is 88.1 Å². The first-order chi connectivity index (χ1) is 17.6. The van der Waals surface area contributed by atoms with Crippen LogP contribution in [-0.4, -0.2) is 43.3 Å². The standard InChI is InChI=1S/C30H40O7/c1-20(2)36-29(32)23(6)27(30(33)37-21(3)4)19-22(5)28(31)35-18-10-17-34-26-15-13-25(14-16-26)24-11-8-7-9-12-24/h7-9,11-16,20-23,27H,10,17-19H2,1-6H3. The van der Waals surface area contributed by atoms with Gasteiger partial charge in [0.15, 0.2) is 0 Å². The number of carbonyl (C=O) groups excluding carboxylic acids is 3. The summed E-state index contributed by atoms with van der Waals surface area (Å²) >= 11 is 0. The van der Waals surface area contributed by atoms with Crippen LogP contribution in [0.2, 0.25) is 0 Å². The molecule has 0 aliphatic rings. The molecule has 0 fully saturated rings. The van der Waals surface area contributed by atoms with Crippen molar-refractivity contribution in [2.24, 2.45) is 17.8 Å². The van der Waals surface area contributed by atoms with Gasteiger partial charge in [0.2, 0.25) is 0 Å². The van der Waals surface area contributed by atoms with E-state index in [1.165, 1.54) is 0 Å². The van der Waals surface area contributed by atoms with Gasteiger partial charge < -0.3 is 18.9 Å². The highest BCUT2D eigenvalue weighted by Gasteiger charge is 2.36. The normalized spacial score (nSPS) is 13.5. The van der Waals surface area contributed by atoms with Crippen molar-refractivity contribution >= 4 is 17.9 Å². The second-order valence-corrected chi connectivity index (χ2v) is 9.76. The SMILES string of the molecule is CC(C)OC(=O)C(C)C(CC(C)C(=O)OCCCOc1ccc(-c2ccccc2)cc1)C(=O)OC(C)C. The first-order valence-corrected chi connectivity index (χ1v) is 12.9. The monoisotopic (exact) mass is 512 g/mol. The van der Waals surface area contributed by atoms with Gasteiger partial charge in [-0.15, -0.1) is 0 Å². The Labute approximate surface area is 220 Å². The van der Waals surface area contributed by atoms with Gasteiger partial charge in [-0.1, -0.05) is 56.3 Å². The summed E-state index contributed by atoms with van der Waals surface area (Å²) in [7, 11) is 0. The Bertz CT molecular complexity index is 983. The molecule has 2 aromatic rings. The first-order valence-electron chi connectivity index (χ1n) is 12.9. The van der Waals surface area contributed by atoms with Crippen LogP contribution in [-0.2, 0) is 28.6 Å². The number of hydrogen-bond donors (Lipinski definition) is 0. The van der Waals surface area contributed by atoms with Gasteiger partial charge in [0.25, 0.3) is 0 Å². The predicted octanol–water partition coefficient (Wildman–Crippen LogP) is 5.85. The van der Waals surface area contributed by atoms with E-state index < -0.39 is 35.7 Å². The molecule has 2 rings (SSSR count). The first kappa shape index (κ1) is 29.9. The van der Waals surface area contributed by atoms with Gasteiger partial charge in [-0.05, 0) is 57.4 Å². The van der Waals surface area contributed by atoms with Gasteiger partial charge in [-0.3, -0.25) is 14.4 Å². The summed E-state index contributed by atoms with van der Waals surface area (Å²) in [5.74, 6) is -2.84. The Balaban J connectivity index is 1.80. The molecule has 0 heterocycles. The van der Waals surface area contributed by atoms with Crippen LogP contribution in [0.15, 0.2) is 54.6 Å². The summed E-state index contributed by atoms with van der Waals surface area (Å²) in [6.45, 7) is 10.9. The zero-order chi connectivity index (χ0) is 27.4. The molecule has 202 valence electrons. The molecule has 0 radical (unpaired) electrons. The average Bonchev–Trinajstić information content (AvgIpc) is 2.86. The second kappa shape index (κ2) is 15.0. The summed E-state index contributed by atoms with van der Waals surface area (Å²) < 4.78 is 21.8. The lowest BCUT2D eigenvalue weighted by Crippen LogP contribution is -2.35. The Hall–Kier alpha value is -3.35. The van der Waals surface area contributed by atoms with E-state index in [0.29, 0.717) is 13.0 Å². The predicted molar refractivity (Wildman–Crippen MR) is 142 cm³/mol. The lowest BCUT2D eigenvalue weighted by atomic mass is 9.85. The minimum atomic E-state index is -0.807. The summed E-state index contributed by atoms with van der Waals surface area (Å²) in [5, 5.41) is 0. The Morgan fingerprint density at radius 1 is 0.676 bits per heavy atom. The summed E-state index contributed by atoms with van der Waals surface area (Å²) in [4.78, 5) is 37.7. The lowest BCUT2D eigenvalue weighted by molar-refractivity contribution is -0.166. The molecule has 0 aromatic heterocycles. The summed E-state index contributed by atoms with van der Waals surface area (Å²) in [6, 6.07) is 17.9. The molecule has 3 unspecified atom stereocenters. The van der Waals surface area contributed by atoms with Gasteiger partial charge in [0.1, 0.15) is 5.75 Å². The van der Waals surface area contributed by atoms with Gasteiger partial charge in [-0.25, -0.2) is 0 Å². The van der Waals surface area contributed by atoms with Gasteiger partial charge in [0.05, 0.1) is 43.2 Å². The van der Waals surface area contributed by atoms with Crippen LogP contribution in [0.1, 0.15) is 54.4 Å². The van der Waals surface area contributed by atoms with Crippen molar-refractivity contribution in [3.63, 3.8) is 0 Å². The number of esters is 3. The second-order valence-electron chi connectivity index (χ2n) is 9.76. The highest BCUT2D eigenvalue weighted by molar-refractivity contribution is 5.83. The molecule has 0 aliphatic heterocycles. The minimum absolute atomic E-state index is 0.128. The number of carbonyl (C=O) groups is 3. The van der Waals surface area contributed by atoms with Crippen molar-refractivity contribution in [2.75, 3.05) is 13.2 Å². The third-order valence-electron chi connectivity index (χ3n) is 5.75. The van der Waals surface area contributed by atoms with E-state index in [1.54, 1.807) is 41.5 Å². The molecule has 0 saturated heterocycles. The maximum Gasteiger partial charge on any atom is 0.310 e. The number of rotatable bonds is 14. The van der Waals surface area contributed by atoms with Crippen LogP contribution < -0.4 is 4.74 Å². The van der Waals surface area contributed by atoms with Crippen molar-refractivity contribution in [1.82, 2.24) is 0 Å². The zero-order valence-electron chi connectivity index (χ0n) is 22.8. The fourth-order valence-electron chi connectivity index (χ4n) is 3.74. The van der Waals surface area contributed by atoms with E-state index >= 15 is 0 Å². The third-order valence-corrected chi connectivity index (χ3v) is 5.75. The molecule has 7 heteroatoms. The lowest BCUT2D eigenvalue weighted by Gasteiger charge is -2.25. The molecular weight excluding hydrogens is 472 g/mol. The van der Waals surface area contributed by atoms with E-state index in [0.717, 1.165) is 16.9 Å². The summed E-state index contributed by atoms with van der Waals surface area (Å²) in [5.41, 5.74) is 2.25. The van der Waals surface area contributed by atoms with Crippen molar-refractivity contribution in [3.8, 4) is 16.9 Å². The molecule has 0 bridgehead atoms. The van der Waals surface area contributed by atoms with Crippen molar-refractivity contribution in [2.45, 2.75) is 66.6 Å². The molecule has 0 aliphatic carbocycles. The fraction of sp³-hybridized carbons (Fsp3) is 0.500. The molecule has 0 spiro atoms. The van der Waals surface area contributed by atoms with Gasteiger partial charge >= 0.3 is 17.9 Å². The summed E-state index contributed by atoms with van der Waals surface area (Å²) in [6.07, 6.45) is 0.0148. The molecule has 2 aromatic carbocycles. The highest BCUT2D eigenvalue weighted by Crippen LogP contribution is 2.26. The van der Waals surface area contributed by atoms with E-state index in [-0.39, 0.29) is 25.2 Å². The number of benzene rings is 2. The van der Waals surface area contributed by atoms with Crippen LogP contribution in [0.4, 0.5) is 0 Å². The van der Waals surface area contributed by atoms with Crippen molar-refractivity contribution in [1.29, 1.82) is 0 Å². The molecule has 7 nitrogen and oxygen atoms in total. The van der Waals surface area contributed by atoms with E-state index in [2.05, 4.69) is 12.1 Å². The zero-order valence-corrected chi connectivity index (χ0v) is 22.8. The van der Waals surface area contributed by atoms with Crippen molar-refractivity contribution in [3.05, 3.63) is 54.6 Å². The van der Waals surface area contributed by atoms with Gasteiger partial charge in [-0.2, -0.15) is 0 Å². The third kappa shape index (κ3) is 10.3. The van der Waals surface area contributed by atoms with Crippen LogP contribution in [0.3, 0.4) is 0 Å². The Morgan fingerprint density at radius 3 is 1.84 bits per heavy atom. The van der Waals surface area contributed by atoms with Crippen LogP contribution in [0.5, 0.6) is 5.75 Å².